The first kappa shape index (κ1) is 9.25. The molecule has 0 spiro atoms. The number of phenols is 1. The summed E-state index contributed by atoms with van der Waals surface area (Å²) in [6, 6.07) is 6.05. The number of hydrogen-bond acceptors (Lipinski definition) is 4. The van der Waals surface area contributed by atoms with E-state index in [2.05, 4.69) is 4.74 Å². The van der Waals surface area contributed by atoms with Gasteiger partial charge in [0.15, 0.2) is 11.5 Å². The third-order valence-electron chi connectivity index (χ3n) is 1.34. The molecule has 0 unspecified atom stereocenters. The van der Waals surface area contributed by atoms with Gasteiger partial charge in [-0.2, -0.15) is 0 Å². The number of para-hydroxylation sites is 2. The number of aromatic hydroxyl groups is 1. The van der Waals surface area contributed by atoms with E-state index in [-0.39, 0.29) is 17.9 Å². The maximum Gasteiger partial charge on any atom is 0.318 e. The van der Waals surface area contributed by atoms with Crippen molar-refractivity contribution in [3.63, 3.8) is 0 Å². The van der Waals surface area contributed by atoms with E-state index in [9.17, 15) is 9.59 Å². The molecule has 0 bridgehead atoms. The van der Waals surface area contributed by atoms with E-state index >= 15 is 0 Å². The van der Waals surface area contributed by atoms with Gasteiger partial charge < -0.3 is 14.6 Å². The van der Waals surface area contributed by atoms with Gasteiger partial charge in [-0.25, -0.2) is 0 Å². The van der Waals surface area contributed by atoms with Crippen LogP contribution in [-0.2, 0) is 9.59 Å². The van der Waals surface area contributed by atoms with Gasteiger partial charge in [-0.15, -0.1) is 0 Å². The lowest BCUT2D eigenvalue weighted by molar-refractivity contribution is -0.135. The highest BCUT2D eigenvalue weighted by Gasteiger charge is 2.06. The minimum atomic E-state index is -0.684. The van der Waals surface area contributed by atoms with Gasteiger partial charge in [0.2, 0.25) is 0 Å². The largest absolute Gasteiger partial charge is 0.504 e. The van der Waals surface area contributed by atoms with E-state index in [4.69, 9.17) is 5.11 Å². The lowest BCUT2D eigenvalue weighted by atomic mass is 10.3. The number of rotatable bonds is 3. The highest BCUT2D eigenvalue weighted by atomic mass is 16.5. The summed E-state index contributed by atoms with van der Waals surface area (Å²) in [5.74, 6) is -0.743. The molecular weight excluding hydrogens is 172 g/mol. The first-order valence-electron chi connectivity index (χ1n) is 3.66. The van der Waals surface area contributed by atoms with Crippen LogP contribution in [0.4, 0.5) is 0 Å². The summed E-state index contributed by atoms with van der Waals surface area (Å²) in [6.45, 7) is 0. The van der Waals surface area contributed by atoms with Gasteiger partial charge in [0.25, 0.3) is 0 Å². The van der Waals surface area contributed by atoms with E-state index in [0.717, 1.165) is 0 Å². The fourth-order valence-electron chi connectivity index (χ4n) is 0.776. The number of phenolic OH excluding ortho intramolecular Hbond substituents is 1. The normalized spacial score (nSPS) is 9.23. The maximum atomic E-state index is 10.8. The average molecular weight is 180 g/mol. The van der Waals surface area contributed by atoms with Crippen LogP contribution >= 0.6 is 0 Å². The van der Waals surface area contributed by atoms with E-state index in [0.29, 0.717) is 6.29 Å². The van der Waals surface area contributed by atoms with Crippen molar-refractivity contribution in [2.45, 2.75) is 6.42 Å². The van der Waals surface area contributed by atoms with Crippen LogP contribution in [0.25, 0.3) is 0 Å². The number of ether oxygens (including phenoxy) is 1. The zero-order chi connectivity index (χ0) is 9.68. The summed E-state index contributed by atoms with van der Waals surface area (Å²) in [7, 11) is 0. The van der Waals surface area contributed by atoms with Crippen LogP contribution in [0.2, 0.25) is 0 Å². The van der Waals surface area contributed by atoms with Crippen LogP contribution in [0, 0.1) is 0 Å². The molecule has 1 rings (SSSR count). The van der Waals surface area contributed by atoms with Crippen molar-refractivity contribution in [1.29, 1.82) is 0 Å². The Labute approximate surface area is 74.8 Å². The number of carbonyl (C=O) groups excluding carboxylic acids is 2. The van der Waals surface area contributed by atoms with Crippen LogP contribution in [0.3, 0.4) is 0 Å². The minimum Gasteiger partial charge on any atom is -0.504 e. The van der Waals surface area contributed by atoms with E-state index < -0.39 is 5.97 Å². The Morgan fingerprint density at radius 3 is 2.77 bits per heavy atom. The predicted octanol–water partition coefficient (Wildman–Crippen LogP) is 0.887. The summed E-state index contributed by atoms with van der Waals surface area (Å²) in [6.07, 6.45) is 0.136. The minimum absolute atomic E-state index is 0.0642. The third-order valence-corrected chi connectivity index (χ3v) is 1.34. The average Bonchev–Trinajstić information content (AvgIpc) is 2.09. The molecule has 0 saturated carbocycles. The van der Waals surface area contributed by atoms with Gasteiger partial charge in [0, 0.05) is 0 Å². The molecule has 0 heterocycles. The summed E-state index contributed by atoms with van der Waals surface area (Å²) in [4.78, 5) is 20.7. The molecule has 1 N–H and O–H groups in total. The Balaban J connectivity index is 2.68. The Morgan fingerprint density at radius 2 is 2.15 bits per heavy atom. The standard InChI is InChI=1S/C9H8O4/c10-6-5-9(12)13-8-4-2-1-3-7(8)11/h1-4,6,11H,5H2. The molecule has 0 atom stereocenters. The second-order valence-corrected chi connectivity index (χ2v) is 2.31. The third kappa shape index (κ3) is 2.59. The van der Waals surface area contributed by atoms with Crippen molar-refractivity contribution < 1.29 is 19.4 Å². The van der Waals surface area contributed by atoms with Crippen molar-refractivity contribution in [3.8, 4) is 11.5 Å². The van der Waals surface area contributed by atoms with E-state index in [1.807, 2.05) is 0 Å². The second kappa shape index (κ2) is 4.25. The fraction of sp³-hybridized carbons (Fsp3) is 0.111. The number of esters is 1. The first-order valence-corrected chi connectivity index (χ1v) is 3.66. The van der Waals surface area contributed by atoms with Crippen molar-refractivity contribution in [2.24, 2.45) is 0 Å². The zero-order valence-electron chi connectivity index (χ0n) is 6.77. The molecule has 0 aliphatic rings. The van der Waals surface area contributed by atoms with Crippen LogP contribution in [0.1, 0.15) is 6.42 Å². The highest BCUT2D eigenvalue weighted by molar-refractivity contribution is 5.85. The fourth-order valence-corrected chi connectivity index (χ4v) is 0.776. The van der Waals surface area contributed by atoms with Crippen LogP contribution in [0.5, 0.6) is 11.5 Å². The SMILES string of the molecule is O=CCC(=O)Oc1ccccc1O. The Bertz CT molecular complexity index is 319. The molecule has 0 aromatic heterocycles. The van der Waals surface area contributed by atoms with Gasteiger partial charge in [0.1, 0.15) is 12.7 Å². The van der Waals surface area contributed by atoms with Crippen molar-refractivity contribution in [3.05, 3.63) is 24.3 Å². The molecular formula is C9H8O4. The zero-order valence-corrected chi connectivity index (χ0v) is 6.77. The summed E-state index contributed by atoms with van der Waals surface area (Å²) < 4.78 is 4.67. The van der Waals surface area contributed by atoms with Crippen LogP contribution in [-0.4, -0.2) is 17.4 Å². The van der Waals surface area contributed by atoms with Gasteiger partial charge in [-0.05, 0) is 12.1 Å². The molecule has 4 nitrogen and oxygen atoms in total. The molecule has 0 aliphatic heterocycles. The Hall–Kier alpha value is -1.84. The summed E-state index contributed by atoms with van der Waals surface area (Å²) >= 11 is 0. The summed E-state index contributed by atoms with van der Waals surface area (Å²) in [5.41, 5.74) is 0. The molecule has 0 amide bonds. The van der Waals surface area contributed by atoms with Gasteiger partial charge >= 0.3 is 5.97 Å². The molecule has 13 heavy (non-hydrogen) atoms. The monoisotopic (exact) mass is 180 g/mol. The molecule has 68 valence electrons. The van der Waals surface area contributed by atoms with Crippen LogP contribution < -0.4 is 4.74 Å². The lowest BCUT2D eigenvalue weighted by Crippen LogP contribution is -2.07. The molecule has 0 saturated heterocycles. The van der Waals surface area contributed by atoms with Crippen LogP contribution in [0.15, 0.2) is 24.3 Å². The Kier molecular flexibility index (Phi) is 3.03. The molecule has 0 fully saturated rings. The maximum absolute atomic E-state index is 10.8. The van der Waals surface area contributed by atoms with E-state index in [1.54, 1.807) is 12.1 Å². The van der Waals surface area contributed by atoms with Crippen molar-refractivity contribution >= 4 is 12.3 Å². The van der Waals surface area contributed by atoms with E-state index in [1.165, 1.54) is 12.1 Å². The predicted molar refractivity (Wildman–Crippen MR) is 44.4 cm³/mol. The van der Waals surface area contributed by atoms with Crippen molar-refractivity contribution in [2.75, 3.05) is 0 Å². The van der Waals surface area contributed by atoms with Gasteiger partial charge in [0.05, 0.1) is 0 Å². The molecule has 0 radical (unpaired) electrons. The molecule has 1 aromatic rings. The number of aldehydes is 1. The number of carbonyl (C=O) groups is 2. The quantitative estimate of drug-likeness (QED) is 0.324. The topological polar surface area (TPSA) is 63.6 Å². The first-order chi connectivity index (χ1) is 6.24. The van der Waals surface area contributed by atoms with Crippen molar-refractivity contribution in [1.82, 2.24) is 0 Å². The molecule has 1 aromatic carbocycles. The second-order valence-electron chi connectivity index (χ2n) is 2.31. The summed E-state index contributed by atoms with van der Waals surface area (Å²) in [5, 5.41) is 9.16. The van der Waals surface area contributed by atoms with Gasteiger partial charge in [-0.3, -0.25) is 4.79 Å². The Morgan fingerprint density at radius 1 is 1.46 bits per heavy atom. The number of hydrogen-bond donors (Lipinski definition) is 1. The lowest BCUT2D eigenvalue weighted by Gasteiger charge is -2.02. The van der Waals surface area contributed by atoms with Gasteiger partial charge in [-0.1, -0.05) is 12.1 Å². The number of benzene rings is 1. The highest BCUT2D eigenvalue weighted by Crippen LogP contribution is 2.24. The smallest absolute Gasteiger partial charge is 0.318 e. The molecule has 4 heteroatoms. The molecule has 0 aliphatic carbocycles.